The lowest BCUT2D eigenvalue weighted by atomic mass is 10.0. The first-order valence-corrected chi connectivity index (χ1v) is 11.8. The Balaban J connectivity index is 1.87. The van der Waals surface area contributed by atoms with Crippen LogP contribution < -0.4 is 16.0 Å². The van der Waals surface area contributed by atoms with Crippen molar-refractivity contribution in [2.75, 3.05) is 7.11 Å². The molecule has 2 heterocycles. The average molecular weight is 554 g/mol. The molecule has 0 saturated heterocycles. The minimum atomic E-state index is -4.86. The molecule has 0 saturated carbocycles. The summed E-state index contributed by atoms with van der Waals surface area (Å²) >= 11 is 7.48. The molecule has 0 aliphatic carbocycles. The maximum atomic E-state index is 13.2. The summed E-state index contributed by atoms with van der Waals surface area (Å²) in [6, 6.07) is 8.23. The molecular formula is C24H19ClF3N3O5S. The van der Waals surface area contributed by atoms with Crippen LogP contribution in [0, 0.1) is 6.92 Å². The summed E-state index contributed by atoms with van der Waals surface area (Å²) in [7, 11) is 2.18. The van der Waals surface area contributed by atoms with Crippen LogP contribution in [0.1, 0.15) is 18.2 Å². The van der Waals surface area contributed by atoms with Gasteiger partial charge in [-0.25, -0.2) is 14.2 Å². The quantitative estimate of drug-likeness (QED) is 0.332. The smallest absolute Gasteiger partial charge is 0.431 e. The highest BCUT2D eigenvalue weighted by molar-refractivity contribution is 7.13. The van der Waals surface area contributed by atoms with Crippen LogP contribution in [0.15, 0.2) is 46.0 Å². The summed E-state index contributed by atoms with van der Waals surface area (Å²) in [5, 5.41) is 0.811. The molecule has 4 rings (SSSR count). The molecule has 2 aromatic carbocycles. The molecule has 0 aliphatic heterocycles. The number of hydrogen-bond acceptors (Lipinski definition) is 7. The first-order chi connectivity index (χ1) is 17.3. The van der Waals surface area contributed by atoms with Gasteiger partial charge in [-0.1, -0.05) is 11.6 Å². The Bertz CT molecular complexity index is 1660. The van der Waals surface area contributed by atoms with Gasteiger partial charge in [0.25, 0.3) is 5.56 Å². The molecule has 0 spiro atoms. The van der Waals surface area contributed by atoms with E-state index in [-0.39, 0.29) is 16.5 Å². The van der Waals surface area contributed by atoms with Crippen molar-refractivity contribution in [1.29, 1.82) is 0 Å². The van der Waals surface area contributed by atoms with Gasteiger partial charge in [-0.3, -0.25) is 9.36 Å². The molecule has 0 bridgehead atoms. The number of aryl methyl sites for hydroxylation is 1. The lowest BCUT2D eigenvalue weighted by Crippen LogP contribution is -2.40. The van der Waals surface area contributed by atoms with Crippen molar-refractivity contribution in [2.45, 2.75) is 26.1 Å². The van der Waals surface area contributed by atoms with Crippen LogP contribution in [0.3, 0.4) is 0 Å². The van der Waals surface area contributed by atoms with E-state index in [1.54, 1.807) is 25.1 Å². The van der Waals surface area contributed by atoms with E-state index in [1.165, 1.54) is 26.2 Å². The number of rotatable bonds is 5. The fraction of sp³-hybridized carbons (Fsp3) is 0.250. The number of esters is 1. The predicted molar refractivity (Wildman–Crippen MR) is 133 cm³/mol. The fourth-order valence-electron chi connectivity index (χ4n) is 3.80. The van der Waals surface area contributed by atoms with Gasteiger partial charge in [0.05, 0.1) is 28.2 Å². The Morgan fingerprint density at radius 2 is 1.86 bits per heavy atom. The lowest BCUT2D eigenvalue weighted by molar-refractivity contribution is -0.148. The molecule has 194 valence electrons. The second-order valence-electron chi connectivity index (χ2n) is 8.14. The van der Waals surface area contributed by atoms with Crippen molar-refractivity contribution in [3.63, 3.8) is 0 Å². The second-order valence-corrected chi connectivity index (χ2v) is 9.35. The number of benzene rings is 2. The number of aromatic nitrogens is 3. The van der Waals surface area contributed by atoms with Crippen LogP contribution in [0.4, 0.5) is 13.2 Å². The summed E-state index contributed by atoms with van der Waals surface area (Å²) in [5.41, 5.74) is -1.72. The van der Waals surface area contributed by atoms with E-state index in [4.69, 9.17) is 16.3 Å². The molecule has 13 heteroatoms. The molecular weight excluding hydrogens is 535 g/mol. The molecule has 0 fully saturated rings. The molecule has 8 nitrogen and oxygen atoms in total. The number of halogens is 4. The third kappa shape index (κ3) is 4.86. The SMILES string of the molecule is COC(=O)C(C)Oc1cc(-c2nsc3ccc(-n4c(=O)cc(C(F)(F)F)n(C)c4=O)cc23)c(C)cc1Cl. The van der Waals surface area contributed by atoms with Crippen molar-refractivity contribution < 1.29 is 27.4 Å². The molecule has 0 N–H and O–H groups in total. The van der Waals surface area contributed by atoms with E-state index in [2.05, 4.69) is 9.11 Å². The van der Waals surface area contributed by atoms with Crippen molar-refractivity contribution in [3.05, 3.63) is 73.5 Å². The van der Waals surface area contributed by atoms with Crippen LogP contribution >= 0.6 is 23.1 Å². The van der Waals surface area contributed by atoms with E-state index in [1.807, 2.05) is 0 Å². The molecule has 0 amide bonds. The molecule has 2 aromatic heterocycles. The Morgan fingerprint density at radius 1 is 1.16 bits per heavy atom. The monoisotopic (exact) mass is 553 g/mol. The van der Waals surface area contributed by atoms with Crippen molar-refractivity contribution >= 4 is 39.2 Å². The van der Waals surface area contributed by atoms with Crippen LogP contribution in [-0.4, -0.2) is 32.7 Å². The topological polar surface area (TPSA) is 92.4 Å². The number of ether oxygens (including phenoxy) is 2. The zero-order chi connectivity index (χ0) is 27.2. The van der Waals surface area contributed by atoms with Gasteiger partial charge in [-0.15, -0.1) is 0 Å². The standard InChI is InChI=1S/C24H19ClF3N3O5S/c1-11-7-16(25)17(36-12(2)22(33)35-4)9-14(11)21-15-8-13(5-6-18(15)37-29-21)31-20(32)10-19(24(26,27)28)30(3)23(31)34/h5-10,12H,1-4H3. The number of carbonyl (C=O) groups excluding carboxylic acids is 1. The highest BCUT2D eigenvalue weighted by Gasteiger charge is 2.35. The Labute approximate surface area is 216 Å². The fourth-order valence-corrected chi connectivity index (χ4v) is 4.83. The van der Waals surface area contributed by atoms with E-state index in [9.17, 15) is 27.6 Å². The Morgan fingerprint density at radius 3 is 2.51 bits per heavy atom. The average Bonchev–Trinajstić information content (AvgIpc) is 3.25. The van der Waals surface area contributed by atoms with Gasteiger partial charge in [-0.05, 0) is 61.3 Å². The summed E-state index contributed by atoms with van der Waals surface area (Å²) in [6.07, 6.45) is -5.79. The van der Waals surface area contributed by atoms with Crippen LogP contribution in [0.25, 0.3) is 27.0 Å². The van der Waals surface area contributed by atoms with Gasteiger partial charge in [0.1, 0.15) is 11.4 Å². The van der Waals surface area contributed by atoms with Crippen molar-refractivity contribution in [2.24, 2.45) is 7.05 Å². The maximum absolute atomic E-state index is 13.2. The van der Waals surface area contributed by atoms with E-state index in [0.29, 0.717) is 36.5 Å². The summed E-state index contributed by atoms with van der Waals surface area (Å²) in [6.45, 7) is 3.30. The van der Waals surface area contributed by atoms with E-state index < -0.39 is 35.2 Å². The highest BCUT2D eigenvalue weighted by atomic mass is 35.5. The Kier molecular flexibility index (Phi) is 6.91. The maximum Gasteiger partial charge on any atom is 0.431 e. The predicted octanol–water partition coefficient (Wildman–Crippen LogP) is 4.73. The van der Waals surface area contributed by atoms with Crippen LogP contribution in [0.5, 0.6) is 5.75 Å². The molecule has 4 aromatic rings. The summed E-state index contributed by atoms with van der Waals surface area (Å²) in [4.78, 5) is 37.1. The number of nitrogens with zero attached hydrogens (tertiary/aromatic N) is 3. The third-order valence-corrected chi connectivity index (χ3v) is 6.82. The first kappa shape index (κ1) is 26.4. The van der Waals surface area contributed by atoms with Gasteiger partial charge < -0.3 is 9.47 Å². The van der Waals surface area contributed by atoms with Gasteiger partial charge in [-0.2, -0.15) is 17.5 Å². The molecule has 0 radical (unpaired) electrons. The first-order valence-electron chi connectivity index (χ1n) is 10.7. The molecule has 1 unspecified atom stereocenters. The molecule has 1 atom stereocenters. The zero-order valence-electron chi connectivity index (χ0n) is 19.8. The van der Waals surface area contributed by atoms with Crippen molar-refractivity contribution in [3.8, 4) is 22.7 Å². The second kappa shape index (κ2) is 9.67. The number of hydrogen-bond donors (Lipinski definition) is 0. The van der Waals surface area contributed by atoms with Crippen LogP contribution in [0.2, 0.25) is 5.02 Å². The largest absolute Gasteiger partial charge is 0.477 e. The number of fused-ring (bicyclic) bond motifs is 1. The van der Waals surface area contributed by atoms with E-state index >= 15 is 0 Å². The van der Waals surface area contributed by atoms with Crippen molar-refractivity contribution in [1.82, 2.24) is 13.5 Å². The number of carbonyl (C=O) groups is 1. The minimum Gasteiger partial charge on any atom is -0.477 e. The highest BCUT2D eigenvalue weighted by Crippen LogP contribution is 2.38. The van der Waals surface area contributed by atoms with E-state index in [0.717, 1.165) is 24.1 Å². The molecule has 0 aliphatic rings. The van der Waals surface area contributed by atoms with Gasteiger partial charge in [0.15, 0.2) is 6.10 Å². The van der Waals surface area contributed by atoms with Gasteiger partial charge in [0, 0.05) is 24.1 Å². The zero-order valence-corrected chi connectivity index (χ0v) is 21.4. The van der Waals surface area contributed by atoms with Gasteiger partial charge >= 0.3 is 17.8 Å². The lowest BCUT2D eigenvalue weighted by Gasteiger charge is -2.16. The number of alkyl halides is 3. The third-order valence-electron chi connectivity index (χ3n) is 5.69. The number of methoxy groups -OCH3 is 1. The Hall–Kier alpha value is -3.64. The summed E-state index contributed by atoms with van der Waals surface area (Å²) < 4.78 is 56.3. The summed E-state index contributed by atoms with van der Waals surface area (Å²) in [5.74, 6) is -0.379. The van der Waals surface area contributed by atoms with Gasteiger partial charge in [0.2, 0.25) is 0 Å². The normalized spacial score (nSPS) is 12.5. The molecule has 37 heavy (non-hydrogen) atoms. The van der Waals surface area contributed by atoms with Crippen LogP contribution in [-0.2, 0) is 22.8 Å². The minimum absolute atomic E-state index is 0.0793.